The molecule has 1 amide bonds. The molecule has 0 bridgehead atoms. The molecule has 0 atom stereocenters. The lowest BCUT2D eigenvalue weighted by atomic mass is 10.1. The van der Waals surface area contributed by atoms with E-state index in [1.54, 1.807) is 26.0 Å². The van der Waals surface area contributed by atoms with Gasteiger partial charge in [0.15, 0.2) is 0 Å². The van der Waals surface area contributed by atoms with Crippen molar-refractivity contribution in [1.82, 2.24) is 9.88 Å². The van der Waals surface area contributed by atoms with Crippen LogP contribution in [0.4, 0.5) is 5.69 Å². The summed E-state index contributed by atoms with van der Waals surface area (Å²) in [7, 11) is -3.65. The van der Waals surface area contributed by atoms with Crippen molar-refractivity contribution in [2.75, 3.05) is 18.4 Å². The molecule has 0 saturated heterocycles. The molecule has 2 rings (SSSR count). The number of aromatic nitrogens is 1. The first-order chi connectivity index (χ1) is 11.3. The number of nitrogens with one attached hydrogen (secondary N) is 2. The van der Waals surface area contributed by atoms with Gasteiger partial charge in [-0.25, -0.2) is 13.1 Å². The van der Waals surface area contributed by atoms with Crippen LogP contribution < -0.4 is 15.8 Å². The summed E-state index contributed by atoms with van der Waals surface area (Å²) in [6.45, 7) is 3.84. The molecule has 0 radical (unpaired) electrons. The molecule has 1 aromatic carbocycles. The highest BCUT2D eigenvalue weighted by Gasteiger charge is 2.16. The van der Waals surface area contributed by atoms with E-state index in [4.69, 9.17) is 10.3 Å². The van der Waals surface area contributed by atoms with Crippen molar-refractivity contribution >= 4 is 21.6 Å². The maximum Gasteiger partial charge on any atom is 0.240 e. The third kappa shape index (κ3) is 4.40. The van der Waals surface area contributed by atoms with Crippen molar-refractivity contribution in [1.29, 1.82) is 0 Å². The van der Waals surface area contributed by atoms with E-state index in [2.05, 4.69) is 15.2 Å². The topological polar surface area (TPSA) is 127 Å². The Morgan fingerprint density at radius 2 is 2.08 bits per heavy atom. The number of aryl methyl sites for hydroxylation is 2. The van der Waals surface area contributed by atoms with E-state index in [0.717, 1.165) is 5.56 Å². The molecule has 8 nitrogen and oxygen atoms in total. The summed E-state index contributed by atoms with van der Waals surface area (Å²) in [5.41, 5.74) is 7.07. The van der Waals surface area contributed by atoms with Crippen molar-refractivity contribution in [2.45, 2.75) is 25.2 Å². The molecule has 0 aliphatic carbocycles. The maximum absolute atomic E-state index is 12.2. The van der Waals surface area contributed by atoms with Gasteiger partial charge in [0.1, 0.15) is 5.76 Å². The highest BCUT2D eigenvalue weighted by molar-refractivity contribution is 7.89. The van der Waals surface area contributed by atoms with Crippen molar-refractivity contribution in [2.24, 2.45) is 5.73 Å². The summed E-state index contributed by atoms with van der Waals surface area (Å²) in [5, 5.41) is 6.48. The number of nitrogens with two attached hydrogens (primary N) is 1. The quantitative estimate of drug-likeness (QED) is 0.673. The second-order valence-corrected chi connectivity index (χ2v) is 7.01. The van der Waals surface area contributed by atoms with Gasteiger partial charge in [0.2, 0.25) is 15.9 Å². The maximum atomic E-state index is 12.2. The van der Waals surface area contributed by atoms with Crippen molar-refractivity contribution in [3.05, 3.63) is 41.3 Å². The normalized spacial score (nSPS) is 11.5. The van der Waals surface area contributed by atoms with E-state index in [1.807, 2.05) is 0 Å². The zero-order valence-corrected chi connectivity index (χ0v) is 14.3. The molecule has 130 valence electrons. The molecule has 2 aromatic rings. The lowest BCUT2D eigenvalue weighted by molar-refractivity contribution is -0.115. The minimum Gasteiger partial charge on any atom is -0.361 e. The number of hydrogen-bond acceptors (Lipinski definition) is 6. The summed E-state index contributed by atoms with van der Waals surface area (Å²) in [6.07, 6.45) is 0.101. The van der Waals surface area contributed by atoms with Crippen LogP contribution in [0, 0.1) is 13.8 Å². The first kappa shape index (κ1) is 18.1. The van der Waals surface area contributed by atoms with Gasteiger partial charge in [0.25, 0.3) is 0 Å². The molecule has 0 aliphatic rings. The molecule has 0 saturated carbocycles. The smallest absolute Gasteiger partial charge is 0.240 e. The number of nitrogens with zero attached hydrogens (tertiary/aromatic N) is 1. The molecule has 0 aliphatic heterocycles. The highest BCUT2D eigenvalue weighted by Crippen LogP contribution is 2.17. The minimum absolute atomic E-state index is 0.0612. The van der Waals surface area contributed by atoms with Gasteiger partial charge in [0, 0.05) is 24.3 Å². The van der Waals surface area contributed by atoms with Gasteiger partial charge >= 0.3 is 0 Å². The first-order valence-corrected chi connectivity index (χ1v) is 8.83. The second-order valence-electron chi connectivity index (χ2n) is 5.24. The van der Waals surface area contributed by atoms with Gasteiger partial charge in [-0.2, -0.15) is 0 Å². The molecule has 0 fully saturated rings. The predicted octanol–water partition coefficient (Wildman–Crippen LogP) is 0.710. The monoisotopic (exact) mass is 352 g/mol. The zero-order chi connectivity index (χ0) is 17.7. The van der Waals surface area contributed by atoms with Gasteiger partial charge in [-0.15, -0.1) is 0 Å². The summed E-state index contributed by atoms with van der Waals surface area (Å²) >= 11 is 0. The molecule has 0 unspecified atom stereocenters. The fourth-order valence-corrected chi connectivity index (χ4v) is 3.23. The molecule has 1 heterocycles. The Kier molecular flexibility index (Phi) is 5.71. The third-order valence-corrected chi connectivity index (χ3v) is 4.84. The first-order valence-electron chi connectivity index (χ1n) is 7.35. The fourth-order valence-electron chi connectivity index (χ4n) is 2.14. The van der Waals surface area contributed by atoms with Gasteiger partial charge in [-0.3, -0.25) is 4.79 Å². The lowest BCUT2D eigenvalue weighted by Crippen LogP contribution is -2.29. The Hall–Kier alpha value is -2.23. The van der Waals surface area contributed by atoms with E-state index < -0.39 is 10.0 Å². The summed E-state index contributed by atoms with van der Waals surface area (Å²) in [6, 6.07) is 6.02. The van der Waals surface area contributed by atoms with Crippen LogP contribution in [0.1, 0.15) is 17.0 Å². The number of hydrogen-bond donors (Lipinski definition) is 3. The van der Waals surface area contributed by atoms with Crippen molar-refractivity contribution in [3.63, 3.8) is 0 Å². The molecular formula is C15H20N4O4S. The number of carbonyl (C=O) groups excluding carboxylic acids is 1. The average molecular weight is 352 g/mol. The van der Waals surface area contributed by atoms with Crippen LogP contribution in [0.2, 0.25) is 0 Å². The van der Waals surface area contributed by atoms with E-state index in [9.17, 15) is 13.2 Å². The van der Waals surface area contributed by atoms with Crippen LogP contribution in [0.5, 0.6) is 0 Å². The Morgan fingerprint density at radius 1 is 1.33 bits per heavy atom. The van der Waals surface area contributed by atoms with Crippen molar-refractivity contribution < 1.29 is 17.7 Å². The summed E-state index contributed by atoms with van der Waals surface area (Å²) < 4.78 is 31.5. The van der Waals surface area contributed by atoms with Gasteiger partial charge in [-0.1, -0.05) is 11.2 Å². The highest BCUT2D eigenvalue weighted by atomic mass is 32.2. The molecular weight excluding hydrogens is 332 g/mol. The largest absolute Gasteiger partial charge is 0.361 e. The SMILES string of the molecule is Cc1noc(C)c1CC(=O)Nc1cccc(S(=O)(=O)NCCN)c1. The number of carbonyl (C=O) groups is 1. The Morgan fingerprint density at radius 3 is 2.71 bits per heavy atom. The van der Waals surface area contributed by atoms with E-state index in [-0.39, 0.29) is 30.3 Å². The molecule has 4 N–H and O–H groups in total. The average Bonchev–Trinajstić information content (AvgIpc) is 2.85. The predicted molar refractivity (Wildman–Crippen MR) is 89.0 cm³/mol. The van der Waals surface area contributed by atoms with E-state index in [0.29, 0.717) is 17.1 Å². The third-order valence-electron chi connectivity index (χ3n) is 3.38. The number of anilines is 1. The second kappa shape index (κ2) is 7.56. The Balaban J connectivity index is 2.10. The lowest BCUT2D eigenvalue weighted by Gasteiger charge is -2.09. The summed E-state index contributed by atoms with van der Waals surface area (Å²) in [4.78, 5) is 12.2. The number of benzene rings is 1. The minimum atomic E-state index is -3.65. The van der Waals surface area contributed by atoms with E-state index >= 15 is 0 Å². The van der Waals surface area contributed by atoms with Crippen LogP contribution in [0.3, 0.4) is 0 Å². The number of amides is 1. The van der Waals surface area contributed by atoms with Crippen LogP contribution in [-0.2, 0) is 21.2 Å². The Bertz CT molecular complexity index is 810. The fraction of sp³-hybridized carbons (Fsp3) is 0.333. The van der Waals surface area contributed by atoms with E-state index in [1.165, 1.54) is 12.1 Å². The van der Waals surface area contributed by atoms with Gasteiger partial charge in [0.05, 0.1) is 17.0 Å². The molecule has 0 spiro atoms. The molecule has 24 heavy (non-hydrogen) atoms. The van der Waals surface area contributed by atoms with Crippen LogP contribution in [0.25, 0.3) is 0 Å². The van der Waals surface area contributed by atoms with Gasteiger partial charge in [-0.05, 0) is 32.0 Å². The summed E-state index contributed by atoms with van der Waals surface area (Å²) in [5.74, 6) is 0.304. The van der Waals surface area contributed by atoms with Crippen LogP contribution in [0.15, 0.2) is 33.7 Å². The van der Waals surface area contributed by atoms with Crippen LogP contribution >= 0.6 is 0 Å². The zero-order valence-electron chi connectivity index (χ0n) is 13.5. The standard InChI is InChI=1S/C15H20N4O4S/c1-10-14(11(2)23-19-10)9-15(20)18-12-4-3-5-13(8-12)24(21,22)17-7-6-16/h3-5,8,17H,6-7,9,16H2,1-2H3,(H,18,20). The molecule has 9 heteroatoms. The molecule has 1 aromatic heterocycles. The number of sulfonamides is 1. The van der Waals surface area contributed by atoms with Crippen LogP contribution in [-0.4, -0.2) is 32.6 Å². The van der Waals surface area contributed by atoms with Gasteiger partial charge < -0.3 is 15.6 Å². The van der Waals surface area contributed by atoms with Crippen molar-refractivity contribution in [3.8, 4) is 0 Å². The number of rotatable bonds is 7. The Labute approximate surface area is 140 Å².